The third-order valence-electron chi connectivity index (χ3n) is 4.98. The van der Waals surface area contributed by atoms with E-state index in [0.29, 0.717) is 32.4 Å². The zero-order valence-corrected chi connectivity index (χ0v) is 14.7. The number of rotatable bonds is 6. The van der Waals surface area contributed by atoms with Gasteiger partial charge in [-0.25, -0.2) is 0 Å². The van der Waals surface area contributed by atoms with E-state index in [2.05, 4.69) is 0 Å². The summed E-state index contributed by atoms with van der Waals surface area (Å²) in [4.78, 5) is 27.4. The van der Waals surface area contributed by atoms with Gasteiger partial charge in [0.1, 0.15) is 18.0 Å². The molecule has 1 aromatic rings. The summed E-state index contributed by atoms with van der Waals surface area (Å²) in [6.07, 6.45) is 2.30. The van der Waals surface area contributed by atoms with Gasteiger partial charge in [0, 0.05) is 32.5 Å². The summed E-state index contributed by atoms with van der Waals surface area (Å²) in [6, 6.07) is 7.68. The van der Waals surface area contributed by atoms with E-state index in [0.717, 1.165) is 24.3 Å². The van der Waals surface area contributed by atoms with Crippen molar-refractivity contribution in [1.82, 2.24) is 9.80 Å². The van der Waals surface area contributed by atoms with Crippen LogP contribution in [0.25, 0.3) is 0 Å². The highest BCUT2D eigenvalue weighted by Gasteiger charge is 2.39. The second kappa shape index (κ2) is 7.44. The van der Waals surface area contributed by atoms with E-state index in [1.54, 1.807) is 9.80 Å². The molecular formula is C19H26N2O4. The maximum atomic E-state index is 12.3. The Morgan fingerprint density at radius 2 is 2.04 bits per heavy atom. The average molecular weight is 346 g/mol. The Morgan fingerprint density at radius 3 is 2.72 bits per heavy atom. The average Bonchev–Trinajstić information content (AvgIpc) is 3.19. The Hall–Kier alpha value is -2.08. The minimum Gasteiger partial charge on any atom is -0.491 e. The van der Waals surface area contributed by atoms with E-state index < -0.39 is 5.60 Å². The van der Waals surface area contributed by atoms with E-state index >= 15 is 0 Å². The molecule has 0 aromatic heterocycles. The summed E-state index contributed by atoms with van der Waals surface area (Å²) >= 11 is 0. The summed E-state index contributed by atoms with van der Waals surface area (Å²) in [5.41, 5.74) is 0.143. The molecule has 0 aliphatic carbocycles. The summed E-state index contributed by atoms with van der Waals surface area (Å²) in [7, 11) is 0. The highest BCUT2D eigenvalue weighted by molar-refractivity contribution is 5.80. The van der Waals surface area contributed by atoms with Gasteiger partial charge in [-0.15, -0.1) is 0 Å². The number of nitrogens with zero attached hydrogens (tertiary/aromatic N) is 2. The monoisotopic (exact) mass is 346 g/mol. The standard InChI is InChI=1S/C19H26N2O4/c1-15-4-6-16(7-5-15)25-14-19(24)9-12-21(13-19)18(23)8-11-20-10-2-3-17(20)22/h4-7,24H,2-3,8-14H2,1H3/t19-/m0/s1. The molecular weight excluding hydrogens is 320 g/mol. The quantitative estimate of drug-likeness (QED) is 0.844. The molecule has 2 amide bonds. The van der Waals surface area contributed by atoms with E-state index in [1.807, 2.05) is 31.2 Å². The van der Waals surface area contributed by atoms with Crippen LogP contribution in [0.5, 0.6) is 5.75 Å². The first kappa shape index (κ1) is 17.7. The number of β-amino-alcohol motifs (C(OH)–C–C–N with tert-alkyl or cyclic N) is 1. The van der Waals surface area contributed by atoms with Gasteiger partial charge in [-0.2, -0.15) is 0 Å². The van der Waals surface area contributed by atoms with Crippen molar-refractivity contribution >= 4 is 11.8 Å². The lowest BCUT2D eigenvalue weighted by atomic mass is 10.1. The van der Waals surface area contributed by atoms with Crippen molar-refractivity contribution in [2.24, 2.45) is 0 Å². The van der Waals surface area contributed by atoms with Gasteiger partial charge >= 0.3 is 0 Å². The van der Waals surface area contributed by atoms with Crippen LogP contribution in [0.2, 0.25) is 0 Å². The van der Waals surface area contributed by atoms with Crippen LogP contribution in [-0.2, 0) is 9.59 Å². The third kappa shape index (κ3) is 4.51. The van der Waals surface area contributed by atoms with Gasteiger partial charge in [-0.05, 0) is 31.9 Å². The molecule has 0 saturated carbocycles. The molecule has 2 fully saturated rings. The van der Waals surface area contributed by atoms with Crippen LogP contribution in [0, 0.1) is 6.92 Å². The Kier molecular flexibility index (Phi) is 5.27. The Bertz CT molecular complexity index is 631. The van der Waals surface area contributed by atoms with Crippen LogP contribution in [0.4, 0.5) is 0 Å². The molecule has 0 spiro atoms. The highest BCUT2D eigenvalue weighted by Crippen LogP contribution is 2.24. The molecule has 2 aliphatic rings. The van der Waals surface area contributed by atoms with Crippen molar-refractivity contribution in [2.75, 3.05) is 32.8 Å². The van der Waals surface area contributed by atoms with Crippen LogP contribution in [0.15, 0.2) is 24.3 Å². The van der Waals surface area contributed by atoms with Crippen molar-refractivity contribution < 1.29 is 19.4 Å². The van der Waals surface area contributed by atoms with Crippen molar-refractivity contribution in [3.63, 3.8) is 0 Å². The molecule has 25 heavy (non-hydrogen) atoms. The molecule has 0 unspecified atom stereocenters. The number of amides is 2. The minimum absolute atomic E-state index is 0.00837. The summed E-state index contributed by atoms with van der Waals surface area (Å²) in [6.45, 7) is 4.22. The Labute approximate surface area is 148 Å². The lowest BCUT2D eigenvalue weighted by Crippen LogP contribution is -2.41. The molecule has 2 saturated heterocycles. The smallest absolute Gasteiger partial charge is 0.224 e. The molecule has 1 N–H and O–H groups in total. The normalized spacial score (nSPS) is 23.4. The van der Waals surface area contributed by atoms with Crippen LogP contribution in [0.1, 0.15) is 31.2 Å². The molecule has 1 atom stereocenters. The second-order valence-corrected chi connectivity index (χ2v) is 7.13. The molecule has 6 heteroatoms. The zero-order chi connectivity index (χ0) is 17.9. The van der Waals surface area contributed by atoms with Gasteiger partial charge in [-0.3, -0.25) is 9.59 Å². The fourth-order valence-corrected chi connectivity index (χ4v) is 3.37. The van der Waals surface area contributed by atoms with Gasteiger partial charge in [0.25, 0.3) is 0 Å². The summed E-state index contributed by atoms with van der Waals surface area (Å²) in [5.74, 6) is 0.847. The lowest BCUT2D eigenvalue weighted by Gasteiger charge is -2.24. The molecule has 6 nitrogen and oxygen atoms in total. The van der Waals surface area contributed by atoms with Crippen molar-refractivity contribution in [3.8, 4) is 5.75 Å². The number of hydrogen-bond acceptors (Lipinski definition) is 4. The van der Waals surface area contributed by atoms with Crippen molar-refractivity contribution in [3.05, 3.63) is 29.8 Å². The molecule has 3 rings (SSSR count). The van der Waals surface area contributed by atoms with E-state index in [1.165, 1.54) is 0 Å². The van der Waals surface area contributed by atoms with E-state index in [4.69, 9.17) is 4.74 Å². The van der Waals surface area contributed by atoms with Gasteiger partial charge in [0.15, 0.2) is 0 Å². The van der Waals surface area contributed by atoms with Crippen LogP contribution < -0.4 is 4.74 Å². The van der Waals surface area contributed by atoms with E-state index in [-0.39, 0.29) is 25.0 Å². The molecule has 0 bridgehead atoms. The Balaban J connectivity index is 1.45. The third-order valence-corrected chi connectivity index (χ3v) is 4.98. The van der Waals surface area contributed by atoms with Crippen LogP contribution in [-0.4, -0.2) is 65.1 Å². The highest BCUT2D eigenvalue weighted by atomic mass is 16.5. The van der Waals surface area contributed by atoms with Gasteiger partial charge < -0.3 is 19.6 Å². The first-order valence-electron chi connectivity index (χ1n) is 8.93. The summed E-state index contributed by atoms with van der Waals surface area (Å²) in [5, 5.41) is 10.7. The van der Waals surface area contributed by atoms with Crippen LogP contribution >= 0.6 is 0 Å². The molecule has 0 radical (unpaired) electrons. The molecule has 2 heterocycles. The lowest BCUT2D eigenvalue weighted by molar-refractivity contribution is -0.133. The maximum Gasteiger partial charge on any atom is 0.224 e. The SMILES string of the molecule is Cc1ccc(OC[C@]2(O)CCN(C(=O)CCN3CCCC3=O)C2)cc1. The van der Waals surface area contributed by atoms with E-state index in [9.17, 15) is 14.7 Å². The first-order valence-corrected chi connectivity index (χ1v) is 8.93. The number of aliphatic hydroxyl groups is 1. The van der Waals surface area contributed by atoms with Gasteiger partial charge in [0.2, 0.25) is 11.8 Å². The maximum absolute atomic E-state index is 12.3. The molecule has 1 aromatic carbocycles. The van der Waals surface area contributed by atoms with Crippen LogP contribution in [0.3, 0.4) is 0 Å². The van der Waals surface area contributed by atoms with Gasteiger partial charge in [-0.1, -0.05) is 17.7 Å². The number of benzene rings is 1. The fraction of sp³-hybridized carbons (Fsp3) is 0.579. The number of likely N-dealkylation sites (tertiary alicyclic amines) is 2. The number of ether oxygens (including phenoxy) is 1. The minimum atomic E-state index is -1.01. The van der Waals surface area contributed by atoms with Crippen molar-refractivity contribution in [2.45, 2.75) is 38.2 Å². The molecule has 136 valence electrons. The number of carbonyl (C=O) groups excluding carboxylic acids is 2. The Morgan fingerprint density at radius 1 is 1.28 bits per heavy atom. The van der Waals surface area contributed by atoms with Gasteiger partial charge in [0.05, 0.1) is 6.54 Å². The first-order chi connectivity index (χ1) is 12.0. The number of aryl methyl sites for hydroxylation is 1. The number of hydrogen-bond donors (Lipinski definition) is 1. The summed E-state index contributed by atoms with van der Waals surface area (Å²) < 4.78 is 5.69. The predicted octanol–water partition coefficient (Wildman–Crippen LogP) is 1.35. The number of carbonyl (C=O) groups is 2. The predicted molar refractivity (Wildman–Crippen MR) is 93.3 cm³/mol. The fourth-order valence-electron chi connectivity index (χ4n) is 3.37. The topological polar surface area (TPSA) is 70.1 Å². The largest absolute Gasteiger partial charge is 0.491 e. The van der Waals surface area contributed by atoms with Crippen molar-refractivity contribution in [1.29, 1.82) is 0 Å². The zero-order valence-electron chi connectivity index (χ0n) is 14.7. The second-order valence-electron chi connectivity index (χ2n) is 7.13. The molecule has 2 aliphatic heterocycles.